The second-order valence-electron chi connectivity index (χ2n) is 18.1. The van der Waals surface area contributed by atoms with Crippen molar-refractivity contribution in [1.82, 2.24) is 0 Å². The maximum absolute atomic E-state index is 6.12. The Labute approximate surface area is 260 Å². The molecule has 0 saturated heterocycles. The van der Waals surface area contributed by atoms with E-state index >= 15 is 0 Å². The van der Waals surface area contributed by atoms with E-state index < -0.39 is 0 Å². The van der Waals surface area contributed by atoms with Crippen molar-refractivity contribution in [2.24, 2.45) is 0 Å². The summed E-state index contributed by atoms with van der Waals surface area (Å²) in [6.45, 7) is 31.5. The fraction of sp³-hybridized carbons (Fsp3) is 0.684. The number of hydrogen-bond acceptors (Lipinski definition) is 2. The molecular formula is C38H66N2O2+2. The summed E-state index contributed by atoms with van der Waals surface area (Å²) in [4.78, 5) is 0. The minimum Gasteiger partial charge on any atom is -0.496 e. The Kier molecular flexibility index (Phi) is 10.5. The molecule has 238 valence electrons. The van der Waals surface area contributed by atoms with Crippen LogP contribution in [0.25, 0.3) is 0 Å². The third-order valence-corrected chi connectivity index (χ3v) is 8.60. The number of ether oxygens (including phenoxy) is 2. The molecule has 0 N–H and O–H groups in total. The number of nitrogens with zero attached hydrogens (tertiary/aromatic N) is 2. The smallest absolute Gasteiger partial charge is 0.131 e. The maximum Gasteiger partial charge on any atom is 0.131 e. The fourth-order valence-electron chi connectivity index (χ4n) is 5.70. The van der Waals surface area contributed by atoms with Crippen LogP contribution >= 0.6 is 0 Å². The predicted octanol–water partition coefficient (Wildman–Crippen LogP) is 8.75. The predicted molar refractivity (Wildman–Crippen MR) is 182 cm³/mol. The third kappa shape index (κ3) is 9.23. The van der Waals surface area contributed by atoms with Crippen LogP contribution in [0.4, 0.5) is 0 Å². The Morgan fingerprint density at radius 2 is 0.762 bits per heavy atom. The van der Waals surface area contributed by atoms with E-state index in [4.69, 9.17) is 9.47 Å². The first-order valence-electron chi connectivity index (χ1n) is 15.8. The molecule has 0 aliphatic heterocycles. The molecule has 2 aromatic rings. The van der Waals surface area contributed by atoms with Gasteiger partial charge in [-0.1, -0.05) is 95.2 Å². The van der Waals surface area contributed by atoms with Gasteiger partial charge >= 0.3 is 0 Å². The van der Waals surface area contributed by atoms with Crippen molar-refractivity contribution in [2.75, 3.05) is 55.5 Å². The van der Waals surface area contributed by atoms with Crippen LogP contribution in [0.15, 0.2) is 24.3 Å². The average molecular weight is 583 g/mol. The molecule has 0 saturated carbocycles. The van der Waals surface area contributed by atoms with Crippen LogP contribution in [0.3, 0.4) is 0 Å². The first-order valence-corrected chi connectivity index (χ1v) is 15.8. The van der Waals surface area contributed by atoms with Crippen molar-refractivity contribution in [2.45, 2.75) is 118 Å². The molecule has 4 nitrogen and oxygen atoms in total. The lowest BCUT2D eigenvalue weighted by molar-refractivity contribution is -0.958. The lowest BCUT2D eigenvalue weighted by Crippen LogP contribution is -2.50. The third-order valence-electron chi connectivity index (χ3n) is 8.60. The highest BCUT2D eigenvalue weighted by atomic mass is 16.5. The number of methoxy groups -OCH3 is 2. The van der Waals surface area contributed by atoms with Gasteiger partial charge in [0.05, 0.1) is 42.4 Å². The van der Waals surface area contributed by atoms with Crippen LogP contribution < -0.4 is 9.47 Å². The van der Waals surface area contributed by atoms with Gasteiger partial charge in [-0.3, -0.25) is 0 Å². The van der Waals surface area contributed by atoms with Gasteiger partial charge in [-0.25, -0.2) is 0 Å². The van der Waals surface area contributed by atoms with Crippen molar-refractivity contribution in [3.63, 3.8) is 0 Å². The van der Waals surface area contributed by atoms with E-state index in [2.05, 4.69) is 136 Å². The van der Waals surface area contributed by atoms with Crippen LogP contribution in [0, 0.1) is 0 Å². The van der Waals surface area contributed by atoms with E-state index in [1.54, 1.807) is 0 Å². The molecule has 0 unspecified atom stereocenters. The first-order chi connectivity index (χ1) is 18.7. The summed E-state index contributed by atoms with van der Waals surface area (Å²) in [6, 6.07) is 9.52. The summed E-state index contributed by atoms with van der Waals surface area (Å²) in [6.07, 6.45) is 0. The summed E-state index contributed by atoms with van der Waals surface area (Å²) < 4.78 is 14.0. The summed E-state index contributed by atoms with van der Waals surface area (Å²) in [5.41, 5.74) is 8.10. The van der Waals surface area contributed by atoms with Crippen LogP contribution in [-0.2, 0) is 34.7 Å². The molecular weight excluding hydrogens is 516 g/mol. The molecule has 0 heterocycles. The lowest BCUT2D eigenvalue weighted by atomic mass is 9.78. The monoisotopic (exact) mass is 583 g/mol. The normalized spacial score (nSPS) is 13.9. The topological polar surface area (TPSA) is 18.5 Å². The molecule has 0 radical (unpaired) electrons. The van der Waals surface area contributed by atoms with Gasteiger partial charge in [-0.05, 0) is 44.9 Å². The maximum atomic E-state index is 6.12. The number of likely N-dealkylation sites (N-methyl/N-ethyl adjacent to an activating group) is 2. The Hall–Kier alpha value is -2.04. The Morgan fingerprint density at radius 1 is 0.476 bits per heavy atom. The highest BCUT2D eigenvalue weighted by molar-refractivity contribution is 5.50. The molecule has 2 rings (SSSR count). The zero-order valence-electron chi connectivity index (χ0n) is 30.8. The fourth-order valence-corrected chi connectivity index (χ4v) is 5.70. The van der Waals surface area contributed by atoms with Gasteiger partial charge in [0, 0.05) is 22.3 Å². The van der Waals surface area contributed by atoms with E-state index in [9.17, 15) is 0 Å². The van der Waals surface area contributed by atoms with Gasteiger partial charge in [0.15, 0.2) is 0 Å². The standard InChI is InChI=1S/C38H66N2O2/c1-35(2,3)29-21-27(33(41-17)31(23-29)37(7,8)9)25-39(13,14)19-20-40(15,16)26-28-22-30(36(4,5)6)24-32(34(28)42-18)38(10,11)12/h21-24H,19-20,25-26H2,1-18H3/q+2. The molecule has 0 bridgehead atoms. The van der Waals surface area contributed by atoms with Gasteiger partial charge in [-0.2, -0.15) is 0 Å². The van der Waals surface area contributed by atoms with Crippen molar-refractivity contribution in [3.8, 4) is 11.5 Å². The Bertz CT molecular complexity index is 1130. The zero-order chi connectivity index (χ0) is 32.7. The highest BCUT2D eigenvalue weighted by Gasteiger charge is 2.32. The molecule has 42 heavy (non-hydrogen) atoms. The lowest BCUT2D eigenvalue weighted by Gasteiger charge is -2.37. The minimum absolute atomic E-state index is 0.00390. The van der Waals surface area contributed by atoms with Gasteiger partial charge in [0.25, 0.3) is 0 Å². The number of rotatable bonds is 9. The molecule has 0 amide bonds. The molecule has 4 heteroatoms. The van der Waals surface area contributed by atoms with Gasteiger partial charge in [0.2, 0.25) is 0 Å². The van der Waals surface area contributed by atoms with Gasteiger partial charge < -0.3 is 18.4 Å². The van der Waals surface area contributed by atoms with E-state index in [0.717, 1.165) is 46.6 Å². The summed E-state index contributed by atoms with van der Waals surface area (Å²) in [7, 11) is 13.1. The van der Waals surface area contributed by atoms with Crippen LogP contribution in [0.2, 0.25) is 0 Å². The SMILES string of the molecule is COc1c(C[N+](C)(C)CC[N+](C)(C)Cc2cc(C(C)(C)C)cc(C(C)(C)C)c2OC)cc(C(C)(C)C)cc1C(C)(C)C. The Morgan fingerprint density at radius 3 is 0.976 bits per heavy atom. The molecule has 0 aliphatic carbocycles. The van der Waals surface area contributed by atoms with Crippen molar-refractivity contribution in [3.05, 3.63) is 57.6 Å². The number of hydrogen-bond donors (Lipinski definition) is 0. The summed E-state index contributed by atoms with van der Waals surface area (Å²) >= 11 is 0. The van der Waals surface area contributed by atoms with Crippen LogP contribution in [-0.4, -0.2) is 64.5 Å². The second kappa shape index (κ2) is 12.2. The van der Waals surface area contributed by atoms with E-state index in [1.165, 1.54) is 33.4 Å². The van der Waals surface area contributed by atoms with Crippen molar-refractivity contribution >= 4 is 0 Å². The highest BCUT2D eigenvalue weighted by Crippen LogP contribution is 2.41. The van der Waals surface area contributed by atoms with Crippen LogP contribution in [0.1, 0.15) is 116 Å². The van der Waals surface area contributed by atoms with E-state index in [-0.39, 0.29) is 21.7 Å². The molecule has 0 aliphatic rings. The second-order valence-corrected chi connectivity index (χ2v) is 18.1. The van der Waals surface area contributed by atoms with E-state index in [1.807, 2.05) is 14.2 Å². The molecule has 0 spiro atoms. The average Bonchev–Trinajstić information content (AvgIpc) is 2.79. The Balaban J connectivity index is 2.43. The van der Waals surface area contributed by atoms with Crippen LogP contribution in [0.5, 0.6) is 11.5 Å². The zero-order valence-corrected chi connectivity index (χ0v) is 30.8. The number of benzene rings is 2. The van der Waals surface area contributed by atoms with Crippen molar-refractivity contribution in [1.29, 1.82) is 0 Å². The van der Waals surface area contributed by atoms with Gasteiger partial charge in [0.1, 0.15) is 37.7 Å². The molecule has 2 aromatic carbocycles. The minimum atomic E-state index is 0.00390. The number of quaternary nitrogens is 2. The molecule has 0 atom stereocenters. The van der Waals surface area contributed by atoms with E-state index in [0.29, 0.717) is 0 Å². The summed E-state index contributed by atoms with van der Waals surface area (Å²) in [5, 5.41) is 0. The molecule has 0 fully saturated rings. The van der Waals surface area contributed by atoms with Crippen molar-refractivity contribution < 1.29 is 18.4 Å². The largest absolute Gasteiger partial charge is 0.496 e. The summed E-state index contributed by atoms with van der Waals surface area (Å²) in [5.74, 6) is 2.10. The first kappa shape index (κ1) is 36.2. The van der Waals surface area contributed by atoms with Gasteiger partial charge in [-0.15, -0.1) is 0 Å². The molecule has 0 aromatic heterocycles. The quantitative estimate of drug-likeness (QED) is 0.275.